The smallest absolute Gasteiger partial charge is 0.449 e. The second kappa shape index (κ2) is 20.9. The predicted molar refractivity (Wildman–Crippen MR) is 257 cm³/mol. The summed E-state index contributed by atoms with van der Waals surface area (Å²) in [6, 6.07) is 5.86. The van der Waals surface area contributed by atoms with E-state index in [1.54, 1.807) is 13.8 Å². The summed E-state index contributed by atoms with van der Waals surface area (Å²) in [7, 11) is -8.43. The van der Waals surface area contributed by atoms with Crippen LogP contribution in [0, 0.1) is 0 Å². The van der Waals surface area contributed by atoms with Crippen molar-refractivity contribution >= 4 is 71.7 Å². The average Bonchev–Trinajstić information content (AvgIpc) is 3.87. The number of halogens is 5. The molecule has 9 rings (SSSR count). The van der Waals surface area contributed by atoms with E-state index in [0.29, 0.717) is 46.1 Å². The lowest BCUT2D eigenvalue weighted by atomic mass is 10.1. The van der Waals surface area contributed by atoms with E-state index >= 15 is 0 Å². The molecule has 0 saturated carbocycles. The van der Waals surface area contributed by atoms with Gasteiger partial charge in [-0.15, -0.1) is 0 Å². The van der Waals surface area contributed by atoms with E-state index in [2.05, 4.69) is 25.8 Å². The molecule has 5 N–H and O–H groups in total. The molecule has 4 saturated heterocycles. The zero-order valence-corrected chi connectivity index (χ0v) is 41.5. The number of morpholine rings is 2. The number of alkyl halides is 3. The van der Waals surface area contributed by atoms with Gasteiger partial charge in [0.25, 0.3) is 21.7 Å². The zero-order valence-electron chi connectivity index (χ0n) is 38.4. The molecule has 4 aliphatic rings. The fraction of sp³-hybridized carbons (Fsp3) is 0.455. The Morgan fingerprint density at radius 1 is 0.694 bits per heavy atom. The van der Waals surface area contributed by atoms with E-state index in [9.17, 15) is 59.4 Å². The molecule has 0 unspecified atom stereocenters. The van der Waals surface area contributed by atoms with Crippen molar-refractivity contribution < 1.29 is 58.8 Å². The Balaban J connectivity index is 0.000000200. The molecule has 72 heavy (non-hydrogen) atoms. The van der Waals surface area contributed by atoms with E-state index in [-0.39, 0.29) is 101 Å². The summed E-state index contributed by atoms with van der Waals surface area (Å²) in [4.78, 5) is 51.6. The fourth-order valence-electron chi connectivity index (χ4n) is 8.84. The molecular weight excluding hydrogens is 1040 g/mol. The van der Waals surface area contributed by atoms with Crippen LogP contribution in [0.5, 0.6) is 17.2 Å². The lowest BCUT2D eigenvalue weighted by Crippen LogP contribution is -2.59. The van der Waals surface area contributed by atoms with Gasteiger partial charge in [-0.2, -0.15) is 21.8 Å². The average molecular weight is 1090 g/mol. The van der Waals surface area contributed by atoms with Crippen LogP contribution in [0.15, 0.2) is 69.8 Å². The van der Waals surface area contributed by atoms with Crippen molar-refractivity contribution in [2.75, 3.05) is 101 Å². The number of hydrogen-bond donors (Lipinski definition) is 5. The molecule has 3 atom stereocenters. The van der Waals surface area contributed by atoms with E-state index in [1.807, 2.05) is 0 Å². The van der Waals surface area contributed by atoms with E-state index < -0.39 is 81.0 Å². The van der Waals surface area contributed by atoms with E-state index in [1.165, 1.54) is 32.9 Å². The molecule has 5 heterocycles. The maximum absolute atomic E-state index is 13.6. The first-order valence-corrected chi connectivity index (χ1v) is 26.2. The summed E-state index contributed by atoms with van der Waals surface area (Å²) in [6.07, 6.45) is -4.51. The first-order valence-electron chi connectivity index (χ1n) is 22.5. The number of phenolic OH excluding ortho intramolecular Hbond substituents is 2. The van der Waals surface area contributed by atoms with Crippen molar-refractivity contribution in [2.45, 2.75) is 54.4 Å². The van der Waals surface area contributed by atoms with Crippen LogP contribution in [0.3, 0.4) is 0 Å². The van der Waals surface area contributed by atoms with Gasteiger partial charge in [-0.25, -0.2) is 16.8 Å². The Hall–Kier alpha value is -5.29. The molecule has 0 aliphatic carbocycles. The SMILES string of the molecule is CCOc1c(Nc2ccc(Cl)c(S(=O)(=O)N3CCN4CCOC[C@H]4C3)c2O)c(=O)c1=O.CC[C@@H](Nc1c(Nc2ccc(Cl)c(S(=O)(=O)N3CCN4CCOC[C@H]4C3)c2O)c(=O)c1=O)c1ccc(C(F)(F)F)o1. The lowest BCUT2D eigenvalue weighted by Gasteiger charge is -2.43. The second-order valence-corrected chi connectivity index (χ2v) is 21.6. The molecule has 21 nitrogen and oxygen atoms in total. The number of phenols is 2. The highest BCUT2D eigenvalue weighted by atomic mass is 35.5. The third kappa shape index (κ3) is 10.2. The number of nitrogens with zero attached hydrogens (tertiary/aromatic N) is 4. The highest BCUT2D eigenvalue weighted by Gasteiger charge is 2.41. The Kier molecular flexibility index (Phi) is 15.4. The standard InChI is InChI=1S/C25H26ClF3N4O7S.C19H22ClN3O7S/c1-2-15(17-5-6-18(40-17)25(27,28)29)30-19-20(23(36)22(19)35)31-16-4-3-14(26)24(21(16)34)41(37,38)33-8-7-32-9-10-39-12-13(32)11-33;1-2-30-18-14(16(25)17(18)26)21-13-4-3-12(20)19(15(13)24)31(27,28)23-6-5-22-7-8-29-10-11(22)9-23/h3-6,13,15,30-31,34H,2,7-12H2,1H3;3-4,11,21,24H,2,5-10H2,1H3/t13-,15-;11-/m11/s1. The minimum Gasteiger partial charge on any atom is -0.504 e. The third-order valence-electron chi connectivity index (χ3n) is 12.7. The lowest BCUT2D eigenvalue weighted by molar-refractivity contribution is -0.153. The topological polar surface area (TPSA) is 267 Å². The van der Waals surface area contributed by atoms with Gasteiger partial charge in [0.1, 0.15) is 32.6 Å². The van der Waals surface area contributed by atoms with Crippen LogP contribution in [0.1, 0.15) is 37.8 Å². The summed E-state index contributed by atoms with van der Waals surface area (Å²) < 4.78 is 116. The van der Waals surface area contributed by atoms with E-state index in [4.69, 9.17) is 41.8 Å². The first-order chi connectivity index (χ1) is 34.1. The van der Waals surface area contributed by atoms with Gasteiger partial charge in [0, 0.05) is 64.4 Å². The number of anilines is 5. The molecule has 1 aromatic heterocycles. The second-order valence-electron chi connectivity index (χ2n) is 17.1. The van der Waals surface area contributed by atoms with Crippen molar-refractivity contribution in [3.63, 3.8) is 0 Å². The molecule has 5 aromatic rings. The number of hydrogen-bond acceptors (Lipinski definition) is 19. The van der Waals surface area contributed by atoms with Crippen LogP contribution in [0.25, 0.3) is 0 Å². The van der Waals surface area contributed by atoms with Crippen LogP contribution >= 0.6 is 23.2 Å². The van der Waals surface area contributed by atoms with Crippen molar-refractivity contribution in [1.29, 1.82) is 0 Å². The molecule has 0 bridgehead atoms. The van der Waals surface area contributed by atoms with Crippen LogP contribution in [0.4, 0.5) is 41.6 Å². The van der Waals surface area contributed by atoms with Crippen molar-refractivity contribution in [3.05, 3.63) is 98.9 Å². The summed E-state index contributed by atoms with van der Waals surface area (Å²) >= 11 is 12.4. The molecule has 4 aliphatic heterocycles. The van der Waals surface area contributed by atoms with Crippen LogP contribution in [0.2, 0.25) is 10.0 Å². The molecular formula is C44H48Cl2F3N7O14S2. The normalized spacial score (nSPS) is 20.0. The summed E-state index contributed by atoms with van der Waals surface area (Å²) in [5, 5.41) is 29.3. The highest BCUT2D eigenvalue weighted by molar-refractivity contribution is 7.89. The molecule has 0 spiro atoms. The maximum Gasteiger partial charge on any atom is 0.449 e. The first kappa shape index (κ1) is 53.0. The van der Waals surface area contributed by atoms with Gasteiger partial charge in [0.15, 0.2) is 17.2 Å². The summed E-state index contributed by atoms with van der Waals surface area (Å²) in [5.74, 6) is -2.87. The largest absolute Gasteiger partial charge is 0.504 e. The minimum atomic E-state index is -4.70. The van der Waals surface area contributed by atoms with Crippen LogP contribution < -0.4 is 42.4 Å². The summed E-state index contributed by atoms with van der Waals surface area (Å²) in [5.41, 5.74) is -4.48. The van der Waals surface area contributed by atoms with Gasteiger partial charge in [0.2, 0.25) is 25.8 Å². The number of ether oxygens (including phenoxy) is 3. The third-order valence-corrected chi connectivity index (χ3v) is 17.5. The quantitative estimate of drug-likeness (QED) is 0.0783. The monoisotopic (exact) mass is 1090 g/mol. The van der Waals surface area contributed by atoms with Gasteiger partial charge in [-0.3, -0.25) is 29.0 Å². The molecule has 0 amide bonds. The number of nitrogens with one attached hydrogen (secondary N) is 3. The van der Waals surface area contributed by atoms with Crippen molar-refractivity contribution in [2.24, 2.45) is 0 Å². The number of furan rings is 1. The van der Waals surface area contributed by atoms with Crippen molar-refractivity contribution in [1.82, 2.24) is 18.4 Å². The van der Waals surface area contributed by atoms with Gasteiger partial charge in [-0.05, 0) is 49.7 Å². The zero-order chi connectivity index (χ0) is 52.0. The number of sulfonamides is 2. The predicted octanol–water partition coefficient (Wildman–Crippen LogP) is 3.75. The van der Waals surface area contributed by atoms with Gasteiger partial charge in [0.05, 0.1) is 60.5 Å². The Morgan fingerprint density at radius 2 is 1.18 bits per heavy atom. The Bertz CT molecular complexity index is 3230. The highest BCUT2D eigenvalue weighted by Crippen LogP contribution is 2.43. The number of rotatable bonds is 14. The molecule has 390 valence electrons. The maximum atomic E-state index is 13.6. The fourth-order valence-corrected chi connectivity index (χ4v) is 13.0. The number of benzene rings is 2. The van der Waals surface area contributed by atoms with Gasteiger partial charge in [-0.1, -0.05) is 30.1 Å². The Labute approximate surface area is 419 Å². The van der Waals surface area contributed by atoms with Crippen LogP contribution in [-0.2, 0) is 35.7 Å². The van der Waals surface area contributed by atoms with Gasteiger partial charge < -0.3 is 44.8 Å². The molecule has 4 aromatic carbocycles. The van der Waals surface area contributed by atoms with Gasteiger partial charge >= 0.3 is 6.18 Å². The van der Waals surface area contributed by atoms with Crippen molar-refractivity contribution in [3.8, 4) is 17.2 Å². The minimum absolute atomic E-state index is 0.0722. The number of fused-ring (bicyclic) bond motifs is 2. The molecule has 0 radical (unpaired) electrons. The van der Waals surface area contributed by atoms with Crippen LogP contribution in [-0.4, -0.2) is 143 Å². The molecule has 4 fully saturated rings. The van der Waals surface area contributed by atoms with E-state index in [0.717, 1.165) is 18.7 Å². The molecule has 28 heteroatoms. The Morgan fingerprint density at radius 3 is 1.65 bits per heavy atom. The number of aromatic hydroxyl groups is 2. The summed E-state index contributed by atoms with van der Waals surface area (Å²) in [6.45, 7) is 8.63. The number of piperazine rings is 2.